The summed E-state index contributed by atoms with van der Waals surface area (Å²) < 4.78 is 0. The van der Waals surface area contributed by atoms with Gasteiger partial charge in [-0.25, -0.2) is 4.98 Å². The van der Waals surface area contributed by atoms with Crippen LogP contribution in [0.5, 0.6) is 0 Å². The molecule has 0 aliphatic rings. The quantitative estimate of drug-likeness (QED) is 0.479. The molecule has 1 heterocycles. The number of rotatable bonds is 1. The van der Waals surface area contributed by atoms with E-state index < -0.39 is 7.12 Å². The highest BCUT2D eigenvalue weighted by molar-refractivity contribution is 6.59. The Labute approximate surface area is 76.2 Å². The summed E-state index contributed by atoms with van der Waals surface area (Å²) >= 11 is 5.73. The molecule has 0 saturated carbocycles. The Morgan fingerprint density at radius 2 is 2.00 bits per heavy atom. The van der Waals surface area contributed by atoms with Crippen LogP contribution in [0.3, 0.4) is 0 Å². The molecule has 0 spiro atoms. The fraction of sp³-hybridized carbons (Fsp3) is 0.286. The minimum atomic E-state index is -1.48. The number of aromatic nitrogens is 1. The Bertz CT molecular complexity index is 304. The lowest BCUT2D eigenvalue weighted by atomic mass is 9.78. The molecule has 12 heavy (non-hydrogen) atoms. The van der Waals surface area contributed by atoms with Gasteiger partial charge in [0.15, 0.2) is 0 Å². The molecule has 0 unspecified atom stereocenters. The third-order valence-corrected chi connectivity index (χ3v) is 2.03. The van der Waals surface area contributed by atoms with Gasteiger partial charge in [-0.05, 0) is 30.9 Å². The smallest absolute Gasteiger partial charge is 0.423 e. The number of nitrogens with zero attached hydrogens (tertiary/aromatic N) is 1. The molecular formula is C7H9BClNO2. The molecule has 0 atom stereocenters. The number of aryl methyl sites for hydroxylation is 1. The summed E-state index contributed by atoms with van der Waals surface area (Å²) in [4.78, 5) is 3.96. The maximum atomic E-state index is 8.92. The zero-order valence-corrected chi connectivity index (χ0v) is 7.63. The Kier molecular flexibility index (Phi) is 2.72. The van der Waals surface area contributed by atoms with Crippen LogP contribution >= 0.6 is 11.6 Å². The Morgan fingerprint density at radius 1 is 1.42 bits per heavy atom. The maximum Gasteiger partial charge on any atom is 0.488 e. The van der Waals surface area contributed by atoms with Gasteiger partial charge in [0.1, 0.15) is 5.15 Å². The lowest BCUT2D eigenvalue weighted by molar-refractivity contribution is 0.425. The molecule has 5 heteroatoms. The predicted octanol–water partition coefficient (Wildman–Crippen LogP) is 0.0316. The average molecular weight is 185 g/mol. The molecule has 1 rings (SSSR count). The fourth-order valence-electron chi connectivity index (χ4n) is 0.992. The first-order valence-corrected chi connectivity index (χ1v) is 3.90. The lowest BCUT2D eigenvalue weighted by Crippen LogP contribution is -2.32. The molecule has 0 fully saturated rings. The van der Waals surface area contributed by atoms with E-state index in [2.05, 4.69) is 4.98 Å². The molecule has 1 aromatic heterocycles. The van der Waals surface area contributed by atoms with Crippen molar-refractivity contribution in [2.75, 3.05) is 0 Å². The summed E-state index contributed by atoms with van der Waals surface area (Å²) in [6.07, 6.45) is 0. The number of halogens is 1. The van der Waals surface area contributed by atoms with Crippen LogP contribution in [0, 0.1) is 13.8 Å². The van der Waals surface area contributed by atoms with Gasteiger partial charge in [0.05, 0.1) is 0 Å². The summed E-state index contributed by atoms with van der Waals surface area (Å²) in [6.45, 7) is 3.45. The van der Waals surface area contributed by atoms with E-state index in [4.69, 9.17) is 21.6 Å². The zero-order chi connectivity index (χ0) is 9.30. The molecule has 0 saturated heterocycles. The lowest BCUT2D eigenvalue weighted by Gasteiger charge is -2.06. The van der Waals surface area contributed by atoms with Crippen LogP contribution in [0.15, 0.2) is 6.07 Å². The van der Waals surface area contributed by atoms with E-state index in [1.165, 1.54) is 0 Å². The standard InChI is InChI=1S/C7H9BClNO2/c1-4-3-6(8(11)12)5(2)7(9)10-4/h3,11-12H,1-2H3. The van der Waals surface area contributed by atoms with Crippen LogP contribution in [0.4, 0.5) is 0 Å². The predicted molar refractivity (Wildman–Crippen MR) is 48.5 cm³/mol. The van der Waals surface area contributed by atoms with Gasteiger partial charge in [-0.15, -0.1) is 0 Å². The highest BCUT2D eigenvalue weighted by Crippen LogP contribution is 2.10. The minimum Gasteiger partial charge on any atom is -0.423 e. The van der Waals surface area contributed by atoms with Gasteiger partial charge < -0.3 is 10.0 Å². The molecule has 2 N–H and O–H groups in total. The van der Waals surface area contributed by atoms with Gasteiger partial charge >= 0.3 is 7.12 Å². The van der Waals surface area contributed by atoms with E-state index in [1.54, 1.807) is 19.9 Å². The second-order valence-corrected chi connectivity index (χ2v) is 3.00. The van der Waals surface area contributed by atoms with Crippen molar-refractivity contribution in [1.29, 1.82) is 0 Å². The highest BCUT2D eigenvalue weighted by atomic mass is 35.5. The monoisotopic (exact) mass is 185 g/mol. The van der Waals surface area contributed by atoms with E-state index in [0.29, 0.717) is 21.9 Å². The molecular weight excluding hydrogens is 176 g/mol. The van der Waals surface area contributed by atoms with Crippen molar-refractivity contribution < 1.29 is 10.0 Å². The van der Waals surface area contributed by atoms with E-state index in [9.17, 15) is 0 Å². The van der Waals surface area contributed by atoms with Crippen molar-refractivity contribution in [2.24, 2.45) is 0 Å². The number of pyridine rings is 1. The van der Waals surface area contributed by atoms with Gasteiger partial charge in [-0.1, -0.05) is 11.6 Å². The van der Waals surface area contributed by atoms with Crippen molar-refractivity contribution in [3.8, 4) is 0 Å². The Balaban J connectivity index is 3.28. The molecule has 0 radical (unpaired) electrons. The van der Waals surface area contributed by atoms with Gasteiger partial charge in [0.2, 0.25) is 0 Å². The zero-order valence-electron chi connectivity index (χ0n) is 6.87. The van der Waals surface area contributed by atoms with E-state index >= 15 is 0 Å². The van der Waals surface area contributed by atoms with Crippen LogP contribution in [0.2, 0.25) is 5.15 Å². The van der Waals surface area contributed by atoms with Gasteiger partial charge in [-0.2, -0.15) is 0 Å². The van der Waals surface area contributed by atoms with Gasteiger partial charge in [0.25, 0.3) is 0 Å². The van der Waals surface area contributed by atoms with Crippen LogP contribution in [-0.2, 0) is 0 Å². The summed E-state index contributed by atoms with van der Waals surface area (Å²) in [5.74, 6) is 0. The Hall–Kier alpha value is -0.575. The van der Waals surface area contributed by atoms with Crippen LogP contribution < -0.4 is 5.46 Å². The molecule has 0 aliphatic heterocycles. The molecule has 0 aliphatic carbocycles. The second kappa shape index (κ2) is 3.43. The van der Waals surface area contributed by atoms with Crippen LogP contribution in [-0.4, -0.2) is 22.2 Å². The first-order valence-electron chi connectivity index (χ1n) is 3.52. The molecule has 1 aromatic rings. The fourth-order valence-corrected chi connectivity index (χ4v) is 1.23. The van der Waals surface area contributed by atoms with Crippen molar-refractivity contribution in [1.82, 2.24) is 4.98 Å². The average Bonchev–Trinajstić information content (AvgIpc) is 1.96. The van der Waals surface area contributed by atoms with Crippen molar-refractivity contribution in [3.05, 3.63) is 22.5 Å². The summed E-state index contributed by atoms with van der Waals surface area (Å²) in [5.41, 5.74) is 1.69. The topological polar surface area (TPSA) is 53.4 Å². The van der Waals surface area contributed by atoms with Crippen molar-refractivity contribution in [3.63, 3.8) is 0 Å². The Morgan fingerprint density at radius 3 is 2.50 bits per heavy atom. The van der Waals surface area contributed by atoms with Crippen molar-refractivity contribution in [2.45, 2.75) is 13.8 Å². The van der Waals surface area contributed by atoms with Crippen LogP contribution in [0.25, 0.3) is 0 Å². The van der Waals surface area contributed by atoms with E-state index in [-0.39, 0.29) is 0 Å². The second-order valence-electron chi connectivity index (χ2n) is 2.64. The highest BCUT2D eigenvalue weighted by Gasteiger charge is 2.16. The summed E-state index contributed by atoms with van der Waals surface area (Å²) in [5, 5.41) is 18.2. The normalized spacial score (nSPS) is 10.1. The number of hydrogen-bond donors (Lipinski definition) is 2. The molecule has 0 amide bonds. The first-order chi connectivity index (χ1) is 5.52. The van der Waals surface area contributed by atoms with Gasteiger partial charge in [-0.3, -0.25) is 0 Å². The SMILES string of the molecule is Cc1cc(B(O)O)c(C)c(Cl)n1. The maximum absolute atomic E-state index is 8.92. The molecule has 0 aromatic carbocycles. The van der Waals surface area contributed by atoms with E-state index in [1.807, 2.05) is 0 Å². The summed E-state index contributed by atoms with van der Waals surface area (Å²) in [6, 6.07) is 1.60. The third-order valence-electron chi connectivity index (χ3n) is 1.66. The number of hydrogen-bond acceptors (Lipinski definition) is 3. The minimum absolute atomic E-state index is 0.318. The first kappa shape index (κ1) is 9.51. The van der Waals surface area contributed by atoms with Crippen LogP contribution in [0.1, 0.15) is 11.3 Å². The van der Waals surface area contributed by atoms with E-state index in [0.717, 1.165) is 0 Å². The largest absolute Gasteiger partial charge is 0.488 e. The molecule has 64 valence electrons. The summed E-state index contributed by atoms with van der Waals surface area (Å²) in [7, 11) is -1.48. The molecule has 0 bridgehead atoms. The van der Waals surface area contributed by atoms with Gasteiger partial charge in [0, 0.05) is 5.69 Å². The third kappa shape index (κ3) is 1.77. The molecule has 3 nitrogen and oxygen atoms in total. The van der Waals surface area contributed by atoms with Crippen molar-refractivity contribution >= 4 is 24.2 Å².